The van der Waals surface area contributed by atoms with Gasteiger partial charge >= 0.3 is 0 Å². The van der Waals surface area contributed by atoms with Crippen LogP contribution in [0.25, 0.3) is 0 Å². The monoisotopic (exact) mass is 380 g/mol. The van der Waals surface area contributed by atoms with Gasteiger partial charge in [-0.2, -0.15) is 4.31 Å². The Morgan fingerprint density at radius 3 is 2.62 bits per heavy atom. The SMILES string of the molecule is Cc1ccc(CNC(=O)C2CCCCN2S(=O)(=O)c2ccc(F)cc2)o1. The van der Waals surface area contributed by atoms with E-state index in [1.54, 1.807) is 12.1 Å². The maximum absolute atomic E-state index is 13.1. The molecule has 1 unspecified atom stereocenters. The summed E-state index contributed by atoms with van der Waals surface area (Å²) >= 11 is 0. The van der Waals surface area contributed by atoms with Crippen LogP contribution in [0.5, 0.6) is 0 Å². The minimum Gasteiger partial charge on any atom is -0.465 e. The number of carbonyl (C=O) groups is 1. The van der Waals surface area contributed by atoms with Gasteiger partial charge in [-0.25, -0.2) is 12.8 Å². The van der Waals surface area contributed by atoms with Crippen LogP contribution in [0.3, 0.4) is 0 Å². The predicted molar refractivity (Wildman–Crippen MR) is 93.2 cm³/mol. The first-order valence-electron chi connectivity index (χ1n) is 8.48. The Kier molecular flexibility index (Phi) is 5.43. The van der Waals surface area contributed by atoms with E-state index >= 15 is 0 Å². The summed E-state index contributed by atoms with van der Waals surface area (Å²) in [6.45, 7) is 2.27. The summed E-state index contributed by atoms with van der Waals surface area (Å²) in [4.78, 5) is 12.6. The Labute approximate surface area is 152 Å². The molecule has 0 aliphatic carbocycles. The second-order valence-corrected chi connectivity index (χ2v) is 8.20. The van der Waals surface area contributed by atoms with Crippen LogP contribution in [0.4, 0.5) is 4.39 Å². The highest BCUT2D eigenvalue weighted by Gasteiger charge is 2.37. The van der Waals surface area contributed by atoms with Gasteiger partial charge in [0.1, 0.15) is 23.4 Å². The quantitative estimate of drug-likeness (QED) is 0.865. The van der Waals surface area contributed by atoms with Gasteiger partial charge in [-0.3, -0.25) is 4.79 Å². The van der Waals surface area contributed by atoms with Crippen molar-refractivity contribution in [3.05, 3.63) is 53.7 Å². The van der Waals surface area contributed by atoms with Crippen molar-refractivity contribution in [3.63, 3.8) is 0 Å². The van der Waals surface area contributed by atoms with Gasteiger partial charge in [0.25, 0.3) is 0 Å². The molecule has 0 bridgehead atoms. The number of halogens is 1. The van der Waals surface area contributed by atoms with Gasteiger partial charge in [0.15, 0.2) is 0 Å². The second-order valence-electron chi connectivity index (χ2n) is 6.31. The molecule has 0 radical (unpaired) electrons. The number of furan rings is 1. The smallest absolute Gasteiger partial charge is 0.243 e. The summed E-state index contributed by atoms with van der Waals surface area (Å²) in [6, 6.07) is 7.43. The first kappa shape index (κ1) is 18.6. The number of rotatable bonds is 5. The normalized spacial score (nSPS) is 18.6. The summed E-state index contributed by atoms with van der Waals surface area (Å²) in [7, 11) is -3.87. The third-order valence-electron chi connectivity index (χ3n) is 4.41. The molecule has 1 amide bonds. The highest BCUT2D eigenvalue weighted by atomic mass is 32.2. The Morgan fingerprint density at radius 2 is 1.96 bits per heavy atom. The maximum atomic E-state index is 13.1. The number of carbonyl (C=O) groups excluding carboxylic acids is 1. The second kappa shape index (κ2) is 7.59. The molecule has 1 aliphatic rings. The summed E-state index contributed by atoms with van der Waals surface area (Å²) in [5.41, 5.74) is 0. The number of sulfonamides is 1. The largest absolute Gasteiger partial charge is 0.465 e. The molecule has 1 aliphatic heterocycles. The number of nitrogens with one attached hydrogen (secondary N) is 1. The average Bonchev–Trinajstić information content (AvgIpc) is 3.05. The molecule has 1 aromatic carbocycles. The molecule has 1 aromatic heterocycles. The van der Waals surface area contributed by atoms with Crippen molar-refractivity contribution in [3.8, 4) is 0 Å². The molecule has 0 saturated carbocycles. The molecule has 26 heavy (non-hydrogen) atoms. The minimum absolute atomic E-state index is 0.0136. The van der Waals surface area contributed by atoms with Crippen LogP contribution in [0, 0.1) is 12.7 Å². The number of nitrogens with zero attached hydrogens (tertiary/aromatic N) is 1. The number of benzene rings is 1. The summed E-state index contributed by atoms with van der Waals surface area (Å²) in [6.07, 6.45) is 1.90. The van der Waals surface area contributed by atoms with Gasteiger partial charge in [0, 0.05) is 6.54 Å². The number of amides is 1. The number of aryl methyl sites for hydroxylation is 1. The Balaban J connectivity index is 1.76. The molecule has 1 atom stereocenters. The topological polar surface area (TPSA) is 79.6 Å². The molecular weight excluding hydrogens is 359 g/mol. The molecular formula is C18H21FN2O4S. The van der Waals surface area contributed by atoms with Crippen LogP contribution >= 0.6 is 0 Å². The van der Waals surface area contributed by atoms with Crippen molar-refractivity contribution in [2.45, 2.75) is 43.7 Å². The standard InChI is InChI=1S/C18H21FN2O4S/c1-13-5-8-15(25-13)12-20-18(22)17-4-2-3-11-21(17)26(23,24)16-9-6-14(19)7-10-16/h5-10,17H,2-4,11-12H2,1H3,(H,20,22). The summed E-state index contributed by atoms with van der Waals surface area (Å²) < 4.78 is 45.5. The van der Waals surface area contributed by atoms with Crippen LogP contribution in [0.2, 0.25) is 0 Å². The molecule has 140 valence electrons. The molecule has 2 aromatic rings. The van der Waals surface area contributed by atoms with Crippen LogP contribution in [0.1, 0.15) is 30.8 Å². The molecule has 8 heteroatoms. The molecule has 1 saturated heterocycles. The lowest BCUT2D eigenvalue weighted by molar-refractivity contribution is -0.125. The average molecular weight is 380 g/mol. The maximum Gasteiger partial charge on any atom is 0.243 e. The lowest BCUT2D eigenvalue weighted by Crippen LogP contribution is -2.51. The lowest BCUT2D eigenvalue weighted by atomic mass is 10.0. The number of hydrogen-bond acceptors (Lipinski definition) is 4. The zero-order chi connectivity index (χ0) is 18.7. The molecule has 6 nitrogen and oxygen atoms in total. The highest BCUT2D eigenvalue weighted by molar-refractivity contribution is 7.89. The molecule has 1 fully saturated rings. The van der Waals surface area contributed by atoms with Gasteiger partial charge in [-0.15, -0.1) is 0 Å². The molecule has 0 spiro atoms. The predicted octanol–water partition coefficient (Wildman–Crippen LogP) is 2.59. The van der Waals surface area contributed by atoms with Gasteiger partial charge in [-0.1, -0.05) is 6.42 Å². The van der Waals surface area contributed by atoms with E-state index in [1.807, 2.05) is 6.92 Å². The van der Waals surface area contributed by atoms with E-state index in [4.69, 9.17) is 4.42 Å². The van der Waals surface area contributed by atoms with Crippen LogP contribution in [-0.2, 0) is 21.4 Å². The summed E-state index contributed by atoms with van der Waals surface area (Å²) in [5, 5.41) is 2.75. The van der Waals surface area contributed by atoms with Crippen LogP contribution in [0.15, 0.2) is 45.7 Å². The first-order valence-corrected chi connectivity index (χ1v) is 9.92. The van der Waals surface area contributed by atoms with E-state index in [-0.39, 0.29) is 23.9 Å². The highest BCUT2D eigenvalue weighted by Crippen LogP contribution is 2.25. The van der Waals surface area contributed by atoms with Gasteiger partial charge in [0.2, 0.25) is 15.9 Å². The zero-order valence-corrected chi connectivity index (χ0v) is 15.3. The fraction of sp³-hybridized carbons (Fsp3) is 0.389. The van der Waals surface area contributed by atoms with Crippen molar-refractivity contribution < 1.29 is 22.0 Å². The Hall–Kier alpha value is -2.19. The van der Waals surface area contributed by atoms with Crippen molar-refractivity contribution in [2.75, 3.05) is 6.54 Å². The van der Waals surface area contributed by atoms with Crippen molar-refractivity contribution >= 4 is 15.9 Å². The van der Waals surface area contributed by atoms with Gasteiger partial charge in [-0.05, 0) is 56.2 Å². The van der Waals surface area contributed by atoms with Crippen molar-refractivity contribution in [1.29, 1.82) is 0 Å². The first-order chi connectivity index (χ1) is 12.4. The van der Waals surface area contributed by atoms with E-state index < -0.39 is 21.9 Å². The third-order valence-corrected chi connectivity index (χ3v) is 6.33. The molecule has 1 N–H and O–H groups in total. The van der Waals surface area contributed by atoms with Crippen LogP contribution < -0.4 is 5.32 Å². The molecule has 2 heterocycles. The van der Waals surface area contributed by atoms with E-state index in [2.05, 4.69) is 5.32 Å². The van der Waals surface area contributed by atoms with E-state index in [9.17, 15) is 17.6 Å². The number of hydrogen-bond donors (Lipinski definition) is 1. The van der Waals surface area contributed by atoms with Crippen molar-refractivity contribution in [2.24, 2.45) is 0 Å². The van der Waals surface area contributed by atoms with Crippen molar-refractivity contribution in [1.82, 2.24) is 9.62 Å². The Bertz CT molecular complexity index is 877. The summed E-state index contributed by atoms with van der Waals surface area (Å²) in [5.74, 6) is 0.488. The minimum atomic E-state index is -3.87. The zero-order valence-electron chi connectivity index (χ0n) is 14.4. The fourth-order valence-electron chi connectivity index (χ4n) is 3.07. The Morgan fingerprint density at radius 1 is 1.23 bits per heavy atom. The lowest BCUT2D eigenvalue weighted by Gasteiger charge is -2.33. The fourth-order valence-corrected chi connectivity index (χ4v) is 4.73. The van der Waals surface area contributed by atoms with Crippen LogP contribution in [-0.4, -0.2) is 31.2 Å². The number of piperidine rings is 1. The van der Waals surface area contributed by atoms with Gasteiger partial charge in [0.05, 0.1) is 11.4 Å². The van der Waals surface area contributed by atoms with Gasteiger partial charge < -0.3 is 9.73 Å². The molecule has 3 rings (SSSR count). The van der Waals surface area contributed by atoms with E-state index in [1.165, 1.54) is 16.4 Å². The third kappa shape index (κ3) is 3.96. The van der Waals surface area contributed by atoms with E-state index in [0.717, 1.165) is 24.3 Å². The van der Waals surface area contributed by atoms with E-state index in [0.29, 0.717) is 18.6 Å².